The van der Waals surface area contributed by atoms with Crippen molar-refractivity contribution in [1.29, 1.82) is 0 Å². The second-order valence-corrected chi connectivity index (χ2v) is 6.65. The molecule has 1 rings (SSSR count). The summed E-state index contributed by atoms with van der Waals surface area (Å²) in [6.07, 6.45) is 24.4. The largest absolute Gasteiger partial charge is 0.508 e. The lowest BCUT2D eigenvalue weighted by molar-refractivity contribution is 0.474. The number of aryl methyl sites for hydroxylation is 1. The number of hydrogen-bond donors (Lipinski definition) is 1. The van der Waals surface area contributed by atoms with Crippen LogP contribution in [0.3, 0.4) is 0 Å². The predicted molar refractivity (Wildman–Crippen MR) is 107 cm³/mol. The minimum Gasteiger partial charge on any atom is -0.508 e. The number of aromatic hydroxyl groups is 1. The van der Waals surface area contributed by atoms with E-state index >= 15 is 0 Å². The van der Waals surface area contributed by atoms with Crippen LogP contribution >= 0.6 is 0 Å². The molecular weight excluding hydrogens is 292 g/mol. The van der Waals surface area contributed by atoms with Gasteiger partial charge in [-0.3, -0.25) is 0 Å². The molecule has 0 saturated carbocycles. The van der Waals surface area contributed by atoms with Crippen molar-refractivity contribution in [2.24, 2.45) is 0 Å². The topological polar surface area (TPSA) is 20.2 Å². The van der Waals surface area contributed by atoms with E-state index in [9.17, 15) is 5.11 Å². The van der Waals surface area contributed by atoms with Gasteiger partial charge in [0.05, 0.1) is 0 Å². The Balaban J connectivity index is 1.87. The molecule has 0 amide bonds. The maximum atomic E-state index is 9.43. The third kappa shape index (κ3) is 12.0. The van der Waals surface area contributed by atoms with E-state index in [1.807, 2.05) is 12.1 Å². The van der Waals surface area contributed by atoms with Crippen molar-refractivity contribution in [2.45, 2.75) is 84.0 Å². The fourth-order valence-corrected chi connectivity index (χ4v) is 2.85. The first-order chi connectivity index (χ1) is 11.8. The summed E-state index contributed by atoms with van der Waals surface area (Å²) >= 11 is 0. The summed E-state index contributed by atoms with van der Waals surface area (Å²) in [7, 11) is 0. The van der Waals surface area contributed by atoms with Crippen molar-refractivity contribution in [1.82, 2.24) is 0 Å². The summed E-state index contributed by atoms with van der Waals surface area (Å²) in [4.78, 5) is 0. The molecule has 0 aliphatic heterocycles. The molecule has 0 unspecified atom stereocenters. The molecule has 1 aromatic carbocycles. The van der Waals surface area contributed by atoms with E-state index in [1.165, 1.54) is 69.8 Å². The Morgan fingerprint density at radius 2 is 1.46 bits per heavy atom. The van der Waals surface area contributed by atoms with Crippen molar-refractivity contribution in [2.75, 3.05) is 0 Å². The van der Waals surface area contributed by atoms with Crippen LogP contribution in [0.4, 0.5) is 0 Å². The minimum atomic E-state index is 0.384. The summed E-state index contributed by atoms with van der Waals surface area (Å²) in [6, 6.07) is 7.64. The molecule has 0 saturated heterocycles. The molecule has 0 aromatic heterocycles. The van der Waals surface area contributed by atoms with E-state index in [0.717, 1.165) is 12.8 Å². The molecule has 1 nitrogen and oxygen atoms in total. The van der Waals surface area contributed by atoms with Gasteiger partial charge in [-0.05, 0) is 62.6 Å². The van der Waals surface area contributed by atoms with Gasteiger partial charge in [0.1, 0.15) is 5.75 Å². The number of benzene rings is 1. The Morgan fingerprint density at radius 1 is 0.792 bits per heavy atom. The predicted octanol–water partition coefficient (Wildman–Crippen LogP) is 7.36. The maximum absolute atomic E-state index is 9.43. The van der Waals surface area contributed by atoms with Crippen LogP contribution in [-0.4, -0.2) is 5.11 Å². The molecule has 0 heterocycles. The lowest BCUT2D eigenvalue weighted by Crippen LogP contribution is -1.86. The molecule has 0 spiro atoms. The molecule has 0 bridgehead atoms. The molecule has 1 aromatic rings. The normalized spacial score (nSPS) is 11.7. The van der Waals surface area contributed by atoms with Crippen molar-refractivity contribution < 1.29 is 5.11 Å². The summed E-state index contributed by atoms with van der Waals surface area (Å²) in [5.74, 6) is 0.384. The van der Waals surface area contributed by atoms with Crippen LogP contribution in [0.15, 0.2) is 48.6 Å². The summed E-state index contributed by atoms with van der Waals surface area (Å²) in [5, 5.41) is 9.43. The van der Waals surface area contributed by atoms with Gasteiger partial charge in [0.15, 0.2) is 0 Å². The van der Waals surface area contributed by atoms with E-state index in [0.29, 0.717) is 5.75 Å². The molecular formula is C23H36O. The van der Waals surface area contributed by atoms with E-state index < -0.39 is 0 Å². The molecule has 0 radical (unpaired) electrons. The number of phenols is 1. The molecule has 0 fully saturated rings. The van der Waals surface area contributed by atoms with Crippen molar-refractivity contribution in [3.8, 4) is 5.75 Å². The molecule has 0 atom stereocenters. The Kier molecular flexibility index (Phi) is 12.9. The maximum Gasteiger partial charge on any atom is 0.115 e. The van der Waals surface area contributed by atoms with Crippen LogP contribution in [0.2, 0.25) is 0 Å². The van der Waals surface area contributed by atoms with Gasteiger partial charge >= 0.3 is 0 Å². The lowest BCUT2D eigenvalue weighted by Gasteiger charge is -2.02. The lowest BCUT2D eigenvalue weighted by atomic mass is 10.0. The Bertz CT molecular complexity index is 459. The fraction of sp³-hybridized carbons (Fsp3) is 0.565. The highest BCUT2D eigenvalue weighted by molar-refractivity contribution is 5.27. The molecule has 1 heteroatoms. The highest BCUT2D eigenvalue weighted by Gasteiger charge is 1.95. The number of hydrogen-bond acceptors (Lipinski definition) is 1. The molecule has 24 heavy (non-hydrogen) atoms. The zero-order valence-corrected chi connectivity index (χ0v) is 15.6. The third-order valence-electron chi connectivity index (χ3n) is 4.33. The van der Waals surface area contributed by atoms with Gasteiger partial charge in [0.2, 0.25) is 0 Å². The molecule has 0 aliphatic carbocycles. The van der Waals surface area contributed by atoms with Gasteiger partial charge in [-0.1, -0.05) is 75.5 Å². The quantitative estimate of drug-likeness (QED) is 0.279. The summed E-state index contributed by atoms with van der Waals surface area (Å²) in [5.41, 5.74) is 1.25. The average Bonchev–Trinajstić information content (AvgIpc) is 2.58. The second kappa shape index (κ2) is 15.1. The standard InChI is InChI=1S/C23H36O/c1-2-3-4-5-6-7-8-9-10-11-12-13-14-15-16-18-22-19-17-20-23(24)21-22/h6-7,9-10,17,19-21,24H,2-5,8,11-16,18H2,1H3/b7-6-,10-9-. The number of rotatable bonds is 14. The third-order valence-corrected chi connectivity index (χ3v) is 4.33. The Labute approximate surface area is 149 Å². The Hall–Kier alpha value is -1.50. The van der Waals surface area contributed by atoms with Crippen LogP contribution in [0, 0.1) is 0 Å². The SMILES string of the molecule is CCCCC/C=C\C/C=C\CCCCCCCc1cccc(O)c1. The van der Waals surface area contributed by atoms with E-state index in [1.54, 1.807) is 6.07 Å². The summed E-state index contributed by atoms with van der Waals surface area (Å²) < 4.78 is 0. The van der Waals surface area contributed by atoms with Gasteiger partial charge in [0.25, 0.3) is 0 Å². The highest BCUT2D eigenvalue weighted by Crippen LogP contribution is 2.14. The van der Waals surface area contributed by atoms with E-state index in [4.69, 9.17) is 0 Å². The Morgan fingerprint density at radius 3 is 2.17 bits per heavy atom. The van der Waals surface area contributed by atoms with Crippen molar-refractivity contribution in [3.63, 3.8) is 0 Å². The number of unbranched alkanes of at least 4 members (excludes halogenated alkanes) is 8. The van der Waals surface area contributed by atoms with Crippen LogP contribution in [0.5, 0.6) is 5.75 Å². The minimum absolute atomic E-state index is 0.384. The van der Waals surface area contributed by atoms with Gasteiger partial charge < -0.3 is 5.11 Å². The van der Waals surface area contributed by atoms with E-state index in [-0.39, 0.29) is 0 Å². The van der Waals surface area contributed by atoms with Crippen LogP contribution in [0.25, 0.3) is 0 Å². The van der Waals surface area contributed by atoms with Crippen LogP contribution < -0.4 is 0 Å². The fourth-order valence-electron chi connectivity index (χ4n) is 2.85. The van der Waals surface area contributed by atoms with Gasteiger partial charge in [-0.15, -0.1) is 0 Å². The van der Waals surface area contributed by atoms with Gasteiger partial charge in [0, 0.05) is 0 Å². The van der Waals surface area contributed by atoms with E-state index in [2.05, 4.69) is 37.3 Å². The number of phenolic OH excluding ortho intramolecular Hbond substituents is 1. The zero-order valence-electron chi connectivity index (χ0n) is 15.6. The highest BCUT2D eigenvalue weighted by atomic mass is 16.3. The molecule has 0 aliphatic rings. The van der Waals surface area contributed by atoms with Gasteiger partial charge in [-0.25, -0.2) is 0 Å². The van der Waals surface area contributed by atoms with Crippen molar-refractivity contribution >= 4 is 0 Å². The second-order valence-electron chi connectivity index (χ2n) is 6.65. The zero-order chi connectivity index (χ0) is 17.3. The monoisotopic (exact) mass is 328 g/mol. The molecule has 1 N–H and O–H groups in total. The smallest absolute Gasteiger partial charge is 0.115 e. The van der Waals surface area contributed by atoms with Crippen molar-refractivity contribution in [3.05, 3.63) is 54.1 Å². The first kappa shape index (κ1) is 20.5. The first-order valence-electron chi connectivity index (χ1n) is 9.91. The van der Waals surface area contributed by atoms with Crippen LogP contribution in [0.1, 0.15) is 83.1 Å². The number of allylic oxidation sites excluding steroid dienone is 4. The molecule has 134 valence electrons. The summed E-state index contributed by atoms with van der Waals surface area (Å²) in [6.45, 7) is 2.25. The average molecular weight is 329 g/mol. The first-order valence-corrected chi connectivity index (χ1v) is 9.91. The van der Waals surface area contributed by atoms with Crippen LogP contribution in [-0.2, 0) is 6.42 Å². The van der Waals surface area contributed by atoms with Gasteiger partial charge in [-0.2, -0.15) is 0 Å².